The van der Waals surface area contributed by atoms with Crippen LogP contribution in [0.25, 0.3) is 0 Å². The monoisotopic (exact) mass is 291 g/mol. The molecule has 5 nitrogen and oxygen atoms in total. The molecule has 0 N–H and O–H groups in total. The van der Waals surface area contributed by atoms with Crippen molar-refractivity contribution in [2.45, 2.75) is 26.1 Å². The van der Waals surface area contributed by atoms with Crippen molar-refractivity contribution in [1.82, 2.24) is 14.5 Å². The predicted octanol–water partition coefficient (Wildman–Crippen LogP) is 2.31. The van der Waals surface area contributed by atoms with Crippen molar-refractivity contribution in [3.63, 3.8) is 0 Å². The average Bonchev–Trinajstić information content (AvgIpc) is 3.09. The van der Waals surface area contributed by atoms with Gasteiger partial charge < -0.3 is 14.2 Å². The lowest BCUT2D eigenvalue weighted by molar-refractivity contribution is 0.0633. The number of amides is 1. The molecule has 0 saturated heterocycles. The van der Waals surface area contributed by atoms with Crippen molar-refractivity contribution in [3.8, 4) is 0 Å². The van der Waals surface area contributed by atoms with Crippen molar-refractivity contribution < 1.29 is 9.53 Å². The molecule has 1 amide bonds. The smallest absolute Gasteiger partial charge is 0.255 e. The Morgan fingerprint density at radius 2 is 2.40 bits per heavy atom. The minimum absolute atomic E-state index is 0.0123. The lowest BCUT2D eigenvalue weighted by atomic mass is 10.1. The highest BCUT2D eigenvalue weighted by molar-refractivity contribution is 7.08. The maximum Gasteiger partial charge on any atom is 0.255 e. The third-order valence-corrected chi connectivity index (χ3v) is 4.38. The number of fused-ring (bicyclic) bond motifs is 1. The lowest BCUT2D eigenvalue weighted by Gasteiger charge is -2.34. The normalized spacial score (nSPS) is 18.1. The Balaban J connectivity index is 1.86. The van der Waals surface area contributed by atoms with Crippen molar-refractivity contribution in [2.24, 2.45) is 0 Å². The number of aromatic nitrogens is 2. The summed E-state index contributed by atoms with van der Waals surface area (Å²) in [5, 5.41) is 3.83. The highest BCUT2D eigenvalue weighted by Crippen LogP contribution is 2.27. The standard InChI is InChI=1S/C14H17N3O2S/c1-10-13-15-7-12(8-19-2)17(13)5-4-16(10)14(18)11-3-6-20-9-11/h3,6-7,9-10H,4-5,8H2,1-2H3. The SMILES string of the molecule is COCc1cnc2n1CCN(C(=O)c1ccsc1)C2C. The first-order valence-electron chi connectivity index (χ1n) is 6.58. The van der Waals surface area contributed by atoms with Crippen LogP contribution in [0, 0.1) is 0 Å². The molecule has 0 bridgehead atoms. The summed E-state index contributed by atoms with van der Waals surface area (Å²) in [7, 11) is 1.68. The molecular formula is C14H17N3O2S. The van der Waals surface area contributed by atoms with Gasteiger partial charge in [-0.25, -0.2) is 4.98 Å². The second kappa shape index (κ2) is 5.38. The van der Waals surface area contributed by atoms with Gasteiger partial charge in [-0.05, 0) is 18.4 Å². The minimum Gasteiger partial charge on any atom is -0.378 e. The molecule has 0 spiro atoms. The number of carbonyl (C=O) groups is 1. The molecule has 1 unspecified atom stereocenters. The number of methoxy groups -OCH3 is 1. The van der Waals surface area contributed by atoms with Gasteiger partial charge in [-0.1, -0.05) is 0 Å². The second-order valence-electron chi connectivity index (χ2n) is 4.88. The Labute approximate surface area is 121 Å². The van der Waals surface area contributed by atoms with Crippen LogP contribution in [0.4, 0.5) is 0 Å². The Morgan fingerprint density at radius 1 is 1.55 bits per heavy atom. The zero-order valence-electron chi connectivity index (χ0n) is 11.6. The Hall–Kier alpha value is -1.66. The van der Waals surface area contributed by atoms with Gasteiger partial charge in [0.05, 0.1) is 30.1 Å². The molecule has 20 heavy (non-hydrogen) atoms. The van der Waals surface area contributed by atoms with Crippen molar-refractivity contribution >= 4 is 17.2 Å². The van der Waals surface area contributed by atoms with Gasteiger partial charge in [0.2, 0.25) is 0 Å². The van der Waals surface area contributed by atoms with E-state index in [1.165, 1.54) is 0 Å². The first-order chi connectivity index (χ1) is 9.72. The van der Waals surface area contributed by atoms with Gasteiger partial charge in [0.15, 0.2) is 0 Å². The number of imidazole rings is 1. The quantitative estimate of drug-likeness (QED) is 0.872. The van der Waals surface area contributed by atoms with E-state index >= 15 is 0 Å². The molecule has 2 aromatic rings. The second-order valence-corrected chi connectivity index (χ2v) is 5.66. The van der Waals surface area contributed by atoms with Crippen LogP contribution in [0.15, 0.2) is 23.0 Å². The van der Waals surface area contributed by atoms with Crippen molar-refractivity contribution in [2.75, 3.05) is 13.7 Å². The third kappa shape index (κ3) is 2.14. The highest BCUT2D eigenvalue weighted by atomic mass is 32.1. The van der Waals surface area contributed by atoms with Gasteiger partial charge in [0.25, 0.3) is 5.91 Å². The molecule has 106 valence electrons. The summed E-state index contributed by atoms with van der Waals surface area (Å²) in [5.41, 5.74) is 1.83. The number of carbonyl (C=O) groups excluding carboxylic acids is 1. The topological polar surface area (TPSA) is 47.4 Å². The lowest BCUT2D eigenvalue weighted by Crippen LogP contribution is -2.41. The zero-order valence-corrected chi connectivity index (χ0v) is 12.4. The summed E-state index contributed by atoms with van der Waals surface area (Å²) in [6, 6.07) is 1.86. The molecule has 3 rings (SSSR count). The van der Waals surface area contributed by atoms with Gasteiger partial charge in [-0.3, -0.25) is 4.79 Å². The zero-order chi connectivity index (χ0) is 14.1. The fourth-order valence-electron chi connectivity index (χ4n) is 2.65. The number of hydrogen-bond acceptors (Lipinski definition) is 4. The van der Waals surface area contributed by atoms with Gasteiger partial charge in [0, 0.05) is 25.6 Å². The van der Waals surface area contributed by atoms with E-state index in [1.807, 2.05) is 34.8 Å². The predicted molar refractivity (Wildman–Crippen MR) is 76.7 cm³/mol. The van der Waals surface area contributed by atoms with Crippen LogP contribution in [-0.2, 0) is 17.9 Å². The van der Waals surface area contributed by atoms with E-state index in [4.69, 9.17) is 4.74 Å². The molecule has 6 heteroatoms. The summed E-state index contributed by atoms with van der Waals surface area (Å²) in [6.45, 7) is 4.06. The van der Waals surface area contributed by atoms with Crippen LogP contribution in [0.2, 0.25) is 0 Å². The minimum atomic E-state index is -0.0123. The van der Waals surface area contributed by atoms with Crippen LogP contribution in [0.1, 0.15) is 34.8 Å². The summed E-state index contributed by atoms with van der Waals surface area (Å²) in [5.74, 6) is 1.02. The number of hydrogen-bond donors (Lipinski definition) is 0. The molecule has 0 aliphatic carbocycles. The molecule has 0 radical (unpaired) electrons. The van der Waals surface area contributed by atoms with E-state index in [0.29, 0.717) is 13.2 Å². The molecule has 0 saturated carbocycles. The fourth-order valence-corrected chi connectivity index (χ4v) is 3.28. The molecule has 3 heterocycles. The molecule has 1 atom stereocenters. The van der Waals surface area contributed by atoms with Gasteiger partial charge in [-0.15, -0.1) is 0 Å². The average molecular weight is 291 g/mol. The first-order valence-corrected chi connectivity index (χ1v) is 7.53. The van der Waals surface area contributed by atoms with E-state index in [-0.39, 0.29) is 11.9 Å². The van der Waals surface area contributed by atoms with Crippen molar-refractivity contribution in [1.29, 1.82) is 0 Å². The van der Waals surface area contributed by atoms with E-state index < -0.39 is 0 Å². The third-order valence-electron chi connectivity index (χ3n) is 3.70. The van der Waals surface area contributed by atoms with Crippen LogP contribution in [0.3, 0.4) is 0 Å². The van der Waals surface area contributed by atoms with Crippen LogP contribution in [-0.4, -0.2) is 34.0 Å². The summed E-state index contributed by atoms with van der Waals surface area (Å²) < 4.78 is 7.34. The van der Waals surface area contributed by atoms with Crippen LogP contribution >= 0.6 is 11.3 Å². The number of nitrogens with zero attached hydrogens (tertiary/aromatic N) is 3. The van der Waals surface area contributed by atoms with Crippen molar-refractivity contribution in [3.05, 3.63) is 40.1 Å². The summed E-state index contributed by atoms with van der Waals surface area (Å²) >= 11 is 1.54. The molecular weight excluding hydrogens is 274 g/mol. The van der Waals surface area contributed by atoms with E-state index in [0.717, 1.165) is 23.6 Å². The van der Waals surface area contributed by atoms with Gasteiger partial charge >= 0.3 is 0 Å². The maximum absolute atomic E-state index is 12.5. The number of rotatable bonds is 3. The molecule has 2 aromatic heterocycles. The number of ether oxygens (including phenoxy) is 1. The Bertz CT molecular complexity index is 606. The Kier molecular flexibility index (Phi) is 3.58. The van der Waals surface area contributed by atoms with E-state index in [9.17, 15) is 4.79 Å². The largest absolute Gasteiger partial charge is 0.378 e. The molecule has 0 aromatic carbocycles. The summed E-state index contributed by atoms with van der Waals surface area (Å²) in [6.07, 6.45) is 1.84. The first kappa shape index (κ1) is 13.3. The van der Waals surface area contributed by atoms with Crippen LogP contribution in [0.5, 0.6) is 0 Å². The van der Waals surface area contributed by atoms with Gasteiger partial charge in [-0.2, -0.15) is 11.3 Å². The van der Waals surface area contributed by atoms with E-state index in [2.05, 4.69) is 9.55 Å². The maximum atomic E-state index is 12.5. The highest BCUT2D eigenvalue weighted by Gasteiger charge is 2.30. The van der Waals surface area contributed by atoms with Gasteiger partial charge in [0.1, 0.15) is 5.82 Å². The molecule has 1 aliphatic heterocycles. The van der Waals surface area contributed by atoms with E-state index in [1.54, 1.807) is 18.4 Å². The fraction of sp³-hybridized carbons (Fsp3) is 0.429. The Morgan fingerprint density at radius 3 is 3.10 bits per heavy atom. The summed E-state index contributed by atoms with van der Waals surface area (Å²) in [4.78, 5) is 18.8. The number of thiophene rings is 1. The molecule has 0 fully saturated rings. The molecule has 1 aliphatic rings. The van der Waals surface area contributed by atoms with Crippen LogP contribution < -0.4 is 0 Å².